The summed E-state index contributed by atoms with van der Waals surface area (Å²) in [5, 5.41) is 0.285. The lowest BCUT2D eigenvalue weighted by molar-refractivity contribution is -0.0480. The first-order valence-electron chi connectivity index (χ1n) is 6.11. The van der Waals surface area contributed by atoms with E-state index in [-0.39, 0.29) is 5.38 Å². The van der Waals surface area contributed by atoms with Crippen LogP contribution < -0.4 is 0 Å². The molecular weight excluding hydrogens is 220 g/mol. The highest BCUT2D eigenvalue weighted by molar-refractivity contribution is 6.20. The van der Waals surface area contributed by atoms with Crippen molar-refractivity contribution in [3.63, 3.8) is 0 Å². The second-order valence-corrected chi connectivity index (χ2v) is 5.16. The van der Waals surface area contributed by atoms with Gasteiger partial charge in [-0.05, 0) is 31.2 Å². The fourth-order valence-corrected chi connectivity index (χ4v) is 2.72. The fraction of sp³-hybridized carbons (Fsp3) is 0.571. The van der Waals surface area contributed by atoms with Crippen LogP contribution in [0.3, 0.4) is 0 Å². The summed E-state index contributed by atoms with van der Waals surface area (Å²) >= 11 is 6.27. The molecule has 3 unspecified atom stereocenters. The van der Waals surface area contributed by atoms with Crippen molar-refractivity contribution in [2.24, 2.45) is 0 Å². The third kappa shape index (κ3) is 3.23. The Labute approximate surface area is 103 Å². The van der Waals surface area contributed by atoms with Crippen molar-refractivity contribution in [1.82, 2.24) is 0 Å². The lowest BCUT2D eigenvalue weighted by atomic mass is 9.97. The van der Waals surface area contributed by atoms with Crippen molar-refractivity contribution in [1.29, 1.82) is 0 Å². The predicted octanol–water partition coefficient (Wildman–Crippen LogP) is 3.79. The van der Waals surface area contributed by atoms with Crippen LogP contribution in [0.4, 0.5) is 0 Å². The minimum absolute atomic E-state index is 0.285. The maximum Gasteiger partial charge on any atom is 0.0633 e. The molecule has 0 saturated carbocycles. The van der Waals surface area contributed by atoms with Crippen LogP contribution in [0.1, 0.15) is 31.7 Å². The number of hydrogen-bond acceptors (Lipinski definition) is 1. The monoisotopic (exact) mass is 238 g/mol. The molecule has 0 radical (unpaired) electrons. The highest BCUT2D eigenvalue weighted by atomic mass is 35.5. The van der Waals surface area contributed by atoms with E-state index in [4.69, 9.17) is 16.3 Å². The molecule has 1 aromatic rings. The van der Waals surface area contributed by atoms with E-state index < -0.39 is 0 Å². The van der Waals surface area contributed by atoms with Crippen molar-refractivity contribution in [2.75, 3.05) is 0 Å². The lowest BCUT2D eigenvalue weighted by Gasteiger charge is -2.32. The molecule has 0 spiro atoms. The quantitative estimate of drug-likeness (QED) is 0.728. The van der Waals surface area contributed by atoms with Crippen molar-refractivity contribution < 1.29 is 4.74 Å². The molecule has 1 saturated heterocycles. The average molecular weight is 239 g/mol. The SMILES string of the molecule is CCC1CC(Cl)CC(Cc2ccccc2)O1. The molecule has 1 fully saturated rings. The van der Waals surface area contributed by atoms with Crippen LogP contribution >= 0.6 is 11.6 Å². The van der Waals surface area contributed by atoms with Gasteiger partial charge in [-0.3, -0.25) is 0 Å². The molecule has 2 heteroatoms. The summed E-state index contributed by atoms with van der Waals surface area (Å²) in [7, 11) is 0. The molecule has 0 aromatic heterocycles. The Balaban J connectivity index is 1.94. The fourth-order valence-electron chi connectivity index (χ4n) is 2.32. The van der Waals surface area contributed by atoms with Gasteiger partial charge in [-0.15, -0.1) is 11.6 Å². The molecule has 0 amide bonds. The summed E-state index contributed by atoms with van der Waals surface area (Å²) in [4.78, 5) is 0. The van der Waals surface area contributed by atoms with E-state index >= 15 is 0 Å². The van der Waals surface area contributed by atoms with Crippen LogP contribution in [0.2, 0.25) is 0 Å². The average Bonchev–Trinajstić information content (AvgIpc) is 2.29. The third-order valence-electron chi connectivity index (χ3n) is 3.18. The van der Waals surface area contributed by atoms with Crippen molar-refractivity contribution >= 4 is 11.6 Å². The number of alkyl halides is 1. The van der Waals surface area contributed by atoms with Gasteiger partial charge >= 0.3 is 0 Å². The van der Waals surface area contributed by atoms with Gasteiger partial charge < -0.3 is 4.74 Å². The topological polar surface area (TPSA) is 9.23 Å². The van der Waals surface area contributed by atoms with E-state index in [1.54, 1.807) is 0 Å². The molecule has 1 heterocycles. The van der Waals surface area contributed by atoms with Crippen molar-refractivity contribution in [3.05, 3.63) is 35.9 Å². The molecule has 16 heavy (non-hydrogen) atoms. The molecule has 2 rings (SSSR count). The van der Waals surface area contributed by atoms with Crippen LogP contribution in [0.25, 0.3) is 0 Å². The maximum atomic E-state index is 6.27. The zero-order chi connectivity index (χ0) is 11.4. The first-order chi connectivity index (χ1) is 7.78. The van der Waals surface area contributed by atoms with Gasteiger partial charge in [0.25, 0.3) is 0 Å². The predicted molar refractivity (Wildman–Crippen MR) is 68.0 cm³/mol. The minimum Gasteiger partial charge on any atom is -0.375 e. The Hall–Kier alpha value is -0.530. The van der Waals surface area contributed by atoms with Gasteiger partial charge in [0.05, 0.1) is 12.2 Å². The first kappa shape index (κ1) is 11.9. The van der Waals surface area contributed by atoms with Crippen LogP contribution in [-0.4, -0.2) is 17.6 Å². The van der Waals surface area contributed by atoms with E-state index in [1.807, 2.05) is 6.07 Å². The van der Waals surface area contributed by atoms with E-state index in [9.17, 15) is 0 Å². The molecule has 0 N–H and O–H groups in total. The van der Waals surface area contributed by atoms with Crippen LogP contribution in [-0.2, 0) is 11.2 Å². The maximum absolute atomic E-state index is 6.27. The van der Waals surface area contributed by atoms with E-state index in [0.717, 1.165) is 25.7 Å². The number of halogens is 1. The third-order valence-corrected chi connectivity index (χ3v) is 3.54. The zero-order valence-corrected chi connectivity index (χ0v) is 10.5. The number of ether oxygens (including phenoxy) is 1. The zero-order valence-electron chi connectivity index (χ0n) is 9.73. The first-order valence-corrected chi connectivity index (χ1v) is 6.55. The lowest BCUT2D eigenvalue weighted by Crippen LogP contribution is -2.34. The standard InChI is InChI=1S/C14H19ClO/c1-2-13-9-12(15)10-14(16-13)8-11-6-4-3-5-7-11/h3-7,12-14H,2,8-10H2,1H3. The summed E-state index contributed by atoms with van der Waals surface area (Å²) in [5.74, 6) is 0. The van der Waals surface area contributed by atoms with Gasteiger partial charge in [-0.2, -0.15) is 0 Å². The summed E-state index contributed by atoms with van der Waals surface area (Å²) in [6.07, 6.45) is 4.68. The Kier molecular flexibility index (Phi) is 4.25. The van der Waals surface area contributed by atoms with Gasteiger partial charge in [0.1, 0.15) is 0 Å². The molecule has 0 aliphatic carbocycles. The summed E-state index contributed by atoms with van der Waals surface area (Å²) in [6, 6.07) is 10.5. The molecular formula is C14H19ClO. The molecule has 1 aliphatic rings. The Morgan fingerprint density at radius 3 is 2.56 bits per heavy atom. The van der Waals surface area contributed by atoms with Crippen molar-refractivity contribution in [3.8, 4) is 0 Å². The van der Waals surface area contributed by atoms with Gasteiger partial charge in [-0.1, -0.05) is 37.3 Å². The van der Waals surface area contributed by atoms with Crippen LogP contribution in [0.5, 0.6) is 0 Å². The summed E-state index contributed by atoms with van der Waals surface area (Å²) < 4.78 is 6.03. The van der Waals surface area contributed by atoms with Crippen molar-refractivity contribution in [2.45, 2.75) is 50.2 Å². The Morgan fingerprint density at radius 2 is 1.88 bits per heavy atom. The molecule has 0 bridgehead atoms. The minimum atomic E-state index is 0.285. The summed E-state index contributed by atoms with van der Waals surface area (Å²) in [5.41, 5.74) is 1.34. The van der Waals surface area contributed by atoms with E-state index in [2.05, 4.69) is 31.2 Å². The Morgan fingerprint density at radius 1 is 1.19 bits per heavy atom. The normalized spacial score (nSPS) is 30.2. The molecule has 1 nitrogen and oxygen atoms in total. The molecule has 3 atom stereocenters. The Bertz CT molecular complexity index is 312. The van der Waals surface area contributed by atoms with Crippen LogP contribution in [0.15, 0.2) is 30.3 Å². The highest BCUT2D eigenvalue weighted by Crippen LogP contribution is 2.27. The second-order valence-electron chi connectivity index (χ2n) is 4.55. The second kappa shape index (κ2) is 5.70. The van der Waals surface area contributed by atoms with E-state index in [1.165, 1.54) is 5.56 Å². The van der Waals surface area contributed by atoms with Gasteiger partial charge in [-0.25, -0.2) is 0 Å². The number of hydrogen-bond donors (Lipinski definition) is 0. The molecule has 1 aromatic carbocycles. The van der Waals surface area contributed by atoms with Crippen LogP contribution in [0, 0.1) is 0 Å². The number of benzene rings is 1. The number of rotatable bonds is 3. The van der Waals surface area contributed by atoms with E-state index in [0.29, 0.717) is 12.2 Å². The van der Waals surface area contributed by atoms with Gasteiger partial charge in [0.15, 0.2) is 0 Å². The van der Waals surface area contributed by atoms with Gasteiger partial charge in [0.2, 0.25) is 0 Å². The van der Waals surface area contributed by atoms with Gasteiger partial charge in [0, 0.05) is 5.38 Å². The summed E-state index contributed by atoms with van der Waals surface area (Å²) in [6.45, 7) is 2.17. The molecule has 1 aliphatic heterocycles. The smallest absolute Gasteiger partial charge is 0.0633 e. The molecule has 88 valence electrons. The highest BCUT2D eigenvalue weighted by Gasteiger charge is 2.27. The largest absolute Gasteiger partial charge is 0.375 e.